The van der Waals surface area contributed by atoms with Crippen LogP contribution in [-0.2, 0) is 0 Å². The summed E-state index contributed by atoms with van der Waals surface area (Å²) in [5, 5.41) is 2.75. The molecular weight excluding hydrogens is 206 g/mol. The quantitative estimate of drug-likeness (QED) is 0.803. The Morgan fingerprint density at radius 3 is 2.94 bits per heavy atom. The lowest BCUT2D eigenvalue weighted by atomic mass is 10.3. The molecule has 0 atom stereocenters. The first-order chi connectivity index (χ1) is 7.67. The molecule has 0 aliphatic heterocycles. The number of likely N-dealkylation sites (N-methyl/N-ethyl adjacent to an activating group) is 1. The first-order valence-electron chi connectivity index (χ1n) is 5.03. The van der Waals surface area contributed by atoms with Crippen LogP contribution in [-0.4, -0.2) is 38.2 Å². The number of hydrogen-bond donors (Lipinski definition) is 2. The summed E-state index contributed by atoms with van der Waals surface area (Å²) in [5.74, 6) is 0.708. The van der Waals surface area contributed by atoms with Gasteiger partial charge in [0.05, 0.1) is 7.11 Å². The van der Waals surface area contributed by atoms with E-state index in [2.05, 4.69) is 5.32 Å². The lowest BCUT2D eigenvalue weighted by molar-refractivity contribution is 0.223. The van der Waals surface area contributed by atoms with Crippen LogP contribution in [0.15, 0.2) is 24.3 Å². The largest absolute Gasteiger partial charge is 0.497 e. The van der Waals surface area contributed by atoms with Gasteiger partial charge in [-0.3, -0.25) is 0 Å². The number of nitrogens with two attached hydrogens (primary N) is 1. The SMILES string of the molecule is COc1cccc(NC(=O)N(C)CCN)c1. The molecule has 0 saturated heterocycles. The van der Waals surface area contributed by atoms with E-state index in [1.54, 1.807) is 26.3 Å². The molecule has 0 bridgehead atoms. The van der Waals surface area contributed by atoms with Gasteiger partial charge in [-0.1, -0.05) is 6.07 Å². The summed E-state index contributed by atoms with van der Waals surface area (Å²) in [6.45, 7) is 0.970. The molecule has 88 valence electrons. The molecule has 0 aliphatic rings. The second kappa shape index (κ2) is 5.97. The number of carbonyl (C=O) groups is 1. The van der Waals surface area contributed by atoms with E-state index in [0.29, 0.717) is 24.5 Å². The number of nitrogens with one attached hydrogen (secondary N) is 1. The minimum absolute atomic E-state index is 0.182. The van der Waals surface area contributed by atoms with Crippen molar-refractivity contribution in [1.82, 2.24) is 4.90 Å². The molecule has 1 aromatic carbocycles. The van der Waals surface area contributed by atoms with Crippen molar-refractivity contribution in [3.8, 4) is 5.75 Å². The monoisotopic (exact) mass is 223 g/mol. The van der Waals surface area contributed by atoms with Gasteiger partial charge in [-0.25, -0.2) is 4.79 Å². The van der Waals surface area contributed by atoms with Gasteiger partial charge in [-0.05, 0) is 12.1 Å². The number of amides is 2. The highest BCUT2D eigenvalue weighted by Crippen LogP contribution is 2.16. The first kappa shape index (κ1) is 12.3. The standard InChI is InChI=1S/C11H17N3O2/c1-14(7-6-12)11(15)13-9-4-3-5-10(8-9)16-2/h3-5,8H,6-7,12H2,1-2H3,(H,13,15). The Bertz CT molecular complexity index is 355. The van der Waals surface area contributed by atoms with Gasteiger partial charge in [0.1, 0.15) is 5.75 Å². The van der Waals surface area contributed by atoms with Crippen LogP contribution in [0.2, 0.25) is 0 Å². The Kier molecular flexibility index (Phi) is 4.60. The summed E-state index contributed by atoms with van der Waals surface area (Å²) in [4.78, 5) is 13.1. The van der Waals surface area contributed by atoms with Gasteiger partial charge in [0.15, 0.2) is 0 Å². The molecule has 1 aromatic rings. The molecule has 0 radical (unpaired) electrons. The van der Waals surface area contributed by atoms with Gasteiger partial charge in [-0.2, -0.15) is 0 Å². The summed E-state index contributed by atoms with van der Waals surface area (Å²) in [6.07, 6.45) is 0. The number of rotatable bonds is 4. The summed E-state index contributed by atoms with van der Waals surface area (Å²) in [6, 6.07) is 7.01. The predicted molar refractivity (Wildman–Crippen MR) is 63.7 cm³/mol. The normalized spacial score (nSPS) is 9.69. The molecular formula is C11H17N3O2. The molecule has 0 saturated carbocycles. The maximum absolute atomic E-state index is 11.6. The molecule has 5 heteroatoms. The molecule has 0 aromatic heterocycles. The minimum Gasteiger partial charge on any atom is -0.497 e. The van der Waals surface area contributed by atoms with Crippen molar-refractivity contribution in [3.63, 3.8) is 0 Å². The molecule has 3 N–H and O–H groups in total. The summed E-state index contributed by atoms with van der Waals surface area (Å²) >= 11 is 0. The van der Waals surface area contributed by atoms with Crippen LogP contribution in [0, 0.1) is 0 Å². The number of carbonyl (C=O) groups excluding carboxylic acids is 1. The third-order valence-corrected chi connectivity index (χ3v) is 2.13. The van der Waals surface area contributed by atoms with Crippen molar-refractivity contribution in [2.75, 3.05) is 32.6 Å². The Morgan fingerprint density at radius 2 is 2.31 bits per heavy atom. The summed E-state index contributed by atoms with van der Waals surface area (Å²) in [7, 11) is 3.28. The zero-order valence-corrected chi connectivity index (χ0v) is 9.56. The highest BCUT2D eigenvalue weighted by molar-refractivity contribution is 5.89. The number of methoxy groups -OCH3 is 1. The second-order valence-corrected chi connectivity index (χ2v) is 3.37. The predicted octanol–water partition coefficient (Wildman–Crippen LogP) is 1.12. The van der Waals surface area contributed by atoms with Gasteiger partial charge in [-0.15, -0.1) is 0 Å². The van der Waals surface area contributed by atoms with E-state index in [9.17, 15) is 4.79 Å². The topological polar surface area (TPSA) is 67.6 Å². The lowest BCUT2D eigenvalue weighted by Gasteiger charge is -2.17. The average molecular weight is 223 g/mol. The molecule has 1 rings (SSSR count). The lowest BCUT2D eigenvalue weighted by Crippen LogP contribution is -2.35. The maximum Gasteiger partial charge on any atom is 0.321 e. The molecule has 2 amide bonds. The van der Waals surface area contributed by atoms with E-state index < -0.39 is 0 Å². The molecule has 5 nitrogen and oxygen atoms in total. The highest BCUT2D eigenvalue weighted by Gasteiger charge is 2.07. The minimum atomic E-state index is -0.182. The molecule has 0 heterocycles. The fraction of sp³-hybridized carbons (Fsp3) is 0.364. The van der Waals surface area contributed by atoms with E-state index in [1.165, 1.54) is 4.90 Å². The zero-order valence-electron chi connectivity index (χ0n) is 9.56. The summed E-state index contributed by atoms with van der Waals surface area (Å²) in [5.41, 5.74) is 6.07. The molecule has 0 spiro atoms. The van der Waals surface area contributed by atoms with Crippen LogP contribution in [0.5, 0.6) is 5.75 Å². The Morgan fingerprint density at radius 1 is 1.56 bits per heavy atom. The third-order valence-electron chi connectivity index (χ3n) is 2.13. The van der Waals surface area contributed by atoms with Crippen molar-refractivity contribution in [1.29, 1.82) is 0 Å². The fourth-order valence-electron chi connectivity index (χ4n) is 1.21. The fourth-order valence-corrected chi connectivity index (χ4v) is 1.21. The number of hydrogen-bond acceptors (Lipinski definition) is 3. The molecule has 16 heavy (non-hydrogen) atoms. The smallest absolute Gasteiger partial charge is 0.321 e. The van der Waals surface area contributed by atoms with Gasteiger partial charge in [0, 0.05) is 31.9 Å². The molecule has 0 fully saturated rings. The zero-order chi connectivity index (χ0) is 12.0. The van der Waals surface area contributed by atoms with E-state index >= 15 is 0 Å². The van der Waals surface area contributed by atoms with Crippen molar-refractivity contribution in [3.05, 3.63) is 24.3 Å². The van der Waals surface area contributed by atoms with Crippen LogP contribution < -0.4 is 15.8 Å². The third kappa shape index (κ3) is 3.43. The Labute approximate surface area is 95.2 Å². The Hall–Kier alpha value is -1.75. The van der Waals surface area contributed by atoms with Crippen molar-refractivity contribution in [2.45, 2.75) is 0 Å². The van der Waals surface area contributed by atoms with Crippen LogP contribution in [0.1, 0.15) is 0 Å². The van der Waals surface area contributed by atoms with E-state index in [0.717, 1.165) is 0 Å². The average Bonchev–Trinajstić information content (AvgIpc) is 2.29. The van der Waals surface area contributed by atoms with Crippen LogP contribution in [0.4, 0.5) is 10.5 Å². The van der Waals surface area contributed by atoms with E-state index in [-0.39, 0.29) is 6.03 Å². The van der Waals surface area contributed by atoms with Crippen molar-refractivity contribution < 1.29 is 9.53 Å². The van der Waals surface area contributed by atoms with Crippen LogP contribution in [0.25, 0.3) is 0 Å². The highest BCUT2D eigenvalue weighted by atomic mass is 16.5. The number of urea groups is 1. The number of nitrogens with zero attached hydrogens (tertiary/aromatic N) is 1. The van der Waals surface area contributed by atoms with E-state index in [1.807, 2.05) is 12.1 Å². The van der Waals surface area contributed by atoms with Crippen LogP contribution >= 0.6 is 0 Å². The number of anilines is 1. The van der Waals surface area contributed by atoms with Crippen LogP contribution in [0.3, 0.4) is 0 Å². The molecule has 0 unspecified atom stereocenters. The number of ether oxygens (including phenoxy) is 1. The number of benzene rings is 1. The van der Waals surface area contributed by atoms with Gasteiger partial charge >= 0.3 is 6.03 Å². The molecule has 0 aliphatic carbocycles. The summed E-state index contributed by atoms with van der Waals surface area (Å²) < 4.78 is 5.06. The second-order valence-electron chi connectivity index (χ2n) is 3.37. The van der Waals surface area contributed by atoms with Crippen molar-refractivity contribution in [2.24, 2.45) is 5.73 Å². The van der Waals surface area contributed by atoms with Gasteiger partial charge in [0.25, 0.3) is 0 Å². The van der Waals surface area contributed by atoms with Crippen molar-refractivity contribution >= 4 is 11.7 Å². The van der Waals surface area contributed by atoms with E-state index in [4.69, 9.17) is 10.5 Å². The van der Waals surface area contributed by atoms with Gasteiger partial charge in [0.2, 0.25) is 0 Å². The maximum atomic E-state index is 11.6. The van der Waals surface area contributed by atoms with Gasteiger partial charge < -0.3 is 20.7 Å². The Balaban J connectivity index is 2.61. The first-order valence-corrected chi connectivity index (χ1v) is 5.03.